The third-order valence-corrected chi connectivity index (χ3v) is 18.2. The molecule has 2 aliphatic rings. The van der Waals surface area contributed by atoms with Gasteiger partial charge in [-0.25, -0.2) is 0 Å². The molecule has 0 N–H and O–H groups in total. The van der Waals surface area contributed by atoms with Gasteiger partial charge in [0.05, 0.1) is 24.1 Å². The molecule has 0 amide bonds. The third kappa shape index (κ3) is 5.09. The summed E-state index contributed by atoms with van der Waals surface area (Å²) in [7, 11) is -1.38. The lowest BCUT2D eigenvalue weighted by molar-refractivity contribution is 0.765. The van der Waals surface area contributed by atoms with E-state index < -0.39 is 7.26 Å². The minimum atomic E-state index is -1.26. The Morgan fingerprint density at radius 1 is 0.514 bits per heavy atom. The van der Waals surface area contributed by atoms with Crippen molar-refractivity contribution in [2.24, 2.45) is 0 Å². The Morgan fingerprint density at radius 2 is 0.865 bits per heavy atom. The van der Waals surface area contributed by atoms with Crippen LogP contribution in [-0.4, -0.2) is 19.0 Å². The van der Waals surface area contributed by atoms with Crippen molar-refractivity contribution in [2.45, 2.75) is 48.3 Å². The van der Waals surface area contributed by atoms with Crippen molar-refractivity contribution >= 4 is 15.2 Å². The first-order valence-corrected chi connectivity index (χ1v) is 18.3. The molecule has 2 heterocycles. The van der Waals surface area contributed by atoms with Gasteiger partial charge in [0.1, 0.15) is 0 Å². The molecule has 4 atom stereocenters. The second-order valence-corrected chi connectivity index (χ2v) is 18.3. The van der Waals surface area contributed by atoms with Crippen LogP contribution >= 0.6 is 15.2 Å². The van der Waals surface area contributed by atoms with Crippen LogP contribution in [0, 0.1) is 0 Å². The number of benzene rings is 4. The van der Waals surface area contributed by atoms with E-state index in [4.69, 9.17) is 0 Å². The first kappa shape index (κ1) is 25.0. The van der Waals surface area contributed by atoms with Crippen molar-refractivity contribution in [1.29, 1.82) is 0 Å². The van der Waals surface area contributed by atoms with Gasteiger partial charge in [-0.1, -0.05) is 129 Å². The summed E-state index contributed by atoms with van der Waals surface area (Å²) in [6, 6.07) is 46.0. The molecule has 6 rings (SSSR count). The molecule has 0 spiro atoms. The van der Waals surface area contributed by atoms with E-state index in [0.717, 1.165) is 22.6 Å². The monoisotopic (exact) mass is 521 g/mol. The Bertz CT molecular complexity index is 1160. The molecule has 37 heavy (non-hydrogen) atoms. The first-order valence-electron chi connectivity index (χ1n) is 14.0. The SMILES string of the molecule is C[P+]1(CCP2[C@H](c3ccccc3)CC[C@H]2c2ccccc2)[C@H](c2ccccc2)CC[C@H]1c1ccccc1. The fourth-order valence-corrected chi connectivity index (χ4v) is 17.4. The molecule has 2 fully saturated rings. The van der Waals surface area contributed by atoms with Crippen LogP contribution in [-0.2, 0) is 0 Å². The number of hydrogen-bond donors (Lipinski definition) is 0. The van der Waals surface area contributed by atoms with Gasteiger partial charge in [0.25, 0.3) is 0 Å². The smallest absolute Gasteiger partial charge is 0.0877 e. The maximum atomic E-state index is 2.75. The number of hydrogen-bond acceptors (Lipinski definition) is 0. The zero-order valence-corrected chi connectivity index (χ0v) is 23.8. The summed E-state index contributed by atoms with van der Waals surface area (Å²) in [4.78, 5) is 0. The Hall–Kier alpha value is -2.26. The van der Waals surface area contributed by atoms with E-state index in [2.05, 4.69) is 128 Å². The molecule has 4 aromatic carbocycles. The van der Waals surface area contributed by atoms with E-state index in [-0.39, 0.29) is 7.92 Å². The molecule has 0 aliphatic carbocycles. The maximum Gasteiger partial charge on any atom is 0.0950 e. The van der Waals surface area contributed by atoms with Gasteiger partial charge in [0.15, 0.2) is 0 Å². The highest BCUT2D eigenvalue weighted by atomic mass is 31.2. The molecular formula is C35H39P2+. The standard InChI is InChI=1S/C35H39P2/c1-37(34(30-18-10-4-11-19-30)24-25-35(37)31-20-12-5-13-21-31)27-26-36-32(28-14-6-2-7-15-28)22-23-33(36)29-16-8-3-9-17-29/h2-21,32-35H,22-27H2,1H3/q+1/t32-,33-,34-,35-/m0/s1. The van der Waals surface area contributed by atoms with Crippen molar-refractivity contribution in [2.75, 3.05) is 19.0 Å². The van der Waals surface area contributed by atoms with Gasteiger partial charge in [-0.2, -0.15) is 0 Å². The molecule has 0 aromatic heterocycles. The lowest BCUT2D eigenvalue weighted by Gasteiger charge is -2.34. The molecule has 0 unspecified atom stereocenters. The van der Waals surface area contributed by atoms with Gasteiger partial charge in [0, 0.05) is 24.7 Å². The molecule has 0 saturated carbocycles. The Labute approximate surface area is 225 Å². The van der Waals surface area contributed by atoms with Crippen LogP contribution in [0.5, 0.6) is 0 Å². The van der Waals surface area contributed by atoms with Gasteiger partial charge in [-0.05, 0) is 47.9 Å². The van der Waals surface area contributed by atoms with Crippen LogP contribution in [0.2, 0.25) is 0 Å². The summed E-state index contributed by atoms with van der Waals surface area (Å²) in [5, 5.41) is 0. The van der Waals surface area contributed by atoms with Crippen LogP contribution in [0.4, 0.5) is 0 Å². The molecular weight excluding hydrogens is 482 g/mol. The van der Waals surface area contributed by atoms with Crippen molar-refractivity contribution in [3.63, 3.8) is 0 Å². The van der Waals surface area contributed by atoms with Crippen molar-refractivity contribution in [3.8, 4) is 0 Å². The zero-order valence-electron chi connectivity index (χ0n) is 22.0. The van der Waals surface area contributed by atoms with Crippen LogP contribution in [0.25, 0.3) is 0 Å². The lowest BCUT2D eigenvalue weighted by atomic mass is 10.0. The molecule has 2 heteroatoms. The summed E-state index contributed by atoms with van der Waals surface area (Å²) in [5.41, 5.74) is 9.30. The van der Waals surface area contributed by atoms with Gasteiger partial charge < -0.3 is 0 Å². The highest BCUT2D eigenvalue weighted by Crippen LogP contribution is 2.84. The molecule has 0 radical (unpaired) electrons. The molecule has 0 bridgehead atoms. The maximum absolute atomic E-state index is 2.75. The number of rotatable bonds is 7. The van der Waals surface area contributed by atoms with Gasteiger partial charge in [0.2, 0.25) is 0 Å². The molecule has 0 nitrogen and oxygen atoms in total. The summed E-state index contributed by atoms with van der Waals surface area (Å²) < 4.78 is 0. The van der Waals surface area contributed by atoms with E-state index in [9.17, 15) is 0 Å². The Morgan fingerprint density at radius 3 is 1.24 bits per heavy atom. The van der Waals surface area contributed by atoms with Gasteiger partial charge in [-0.3, -0.25) is 0 Å². The van der Waals surface area contributed by atoms with Gasteiger partial charge >= 0.3 is 0 Å². The van der Waals surface area contributed by atoms with Crippen LogP contribution in [0.1, 0.15) is 70.6 Å². The van der Waals surface area contributed by atoms with Crippen LogP contribution in [0.15, 0.2) is 121 Å². The highest BCUT2D eigenvalue weighted by molar-refractivity contribution is 7.76. The minimum Gasteiger partial charge on any atom is -0.0877 e. The van der Waals surface area contributed by atoms with E-state index in [1.165, 1.54) is 38.0 Å². The van der Waals surface area contributed by atoms with E-state index in [0.29, 0.717) is 0 Å². The van der Waals surface area contributed by atoms with E-state index in [1.807, 2.05) is 0 Å². The lowest BCUT2D eigenvalue weighted by Crippen LogP contribution is -2.12. The quantitative estimate of drug-likeness (QED) is 0.212. The predicted molar refractivity (Wildman–Crippen MR) is 165 cm³/mol. The second-order valence-electron chi connectivity index (χ2n) is 11.2. The Balaban J connectivity index is 1.34. The second kappa shape index (κ2) is 11.2. The molecule has 2 saturated heterocycles. The first-order chi connectivity index (χ1) is 18.2. The van der Waals surface area contributed by atoms with E-state index >= 15 is 0 Å². The highest BCUT2D eigenvalue weighted by Gasteiger charge is 2.54. The molecule has 4 aromatic rings. The van der Waals surface area contributed by atoms with Crippen molar-refractivity contribution < 1.29 is 0 Å². The average Bonchev–Trinajstić information content (AvgIpc) is 3.55. The minimum absolute atomic E-state index is 0.121. The fraction of sp³-hybridized carbons (Fsp3) is 0.314. The van der Waals surface area contributed by atoms with Crippen LogP contribution in [0.3, 0.4) is 0 Å². The van der Waals surface area contributed by atoms with Crippen molar-refractivity contribution in [1.82, 2.24) is 0 Å². The predicted octanol–water partition coefficient (Wildman–Crippen LogP) is 10.7. The zero-order chi connectivity index (χ0) is 25.1. The van der Waals surface area contributed by atoms with Crippen LogP contribution < -0.4 is 0 Å². The Kier molecular flexibility index (Phi) is 7.60. The largest absolute Gasteiger partial charge is 0.0950 e. The fourth-order valence-electron chi connectivity index (χ4n) is 7.37. The molecule has 2 aliphatic heterocycles. The molecule has 188 valence electrons. The summed E-state index contributed by atoms with van der Waals surface area (Å²) in [6.07, 6.45) is 8.20. The normalized spacial score (nSPS) is 25.3. The average molecular weight is 522 g/mol. The van der Waals surface area contributed by atoms with E-state index in [1.54, 1.807) is 22.3 Å². The summed E-state index contributed by atoms with van der Waals surface area (Å²) >= 11 is 0. The summed E-state index contributed by atoms with van der Waals surface area (Å²) in [5.74, 6) is 0. The van der Waals surface area contributed by atoms with Gasteiger partial charge in [-0.15, -0.1) is 0 Å². The topological polar surface area (TPSA) is 0 Å². The summed E-state index contributed by atoms with van der Waals surface area (Å²) in [6.45, 7) is 2.75. The van der Waals surface area contributed by atoms with Crippen molar-refractivity contribution in [3.05, 3.63) is 144 Å². The third-order valence-electron chi connectivity index (χ3n) is 9.23.